The molecule has 18 heavy (non-hydrogen) atoms. The third kappa shape index (κ3) is 3.83. The molecule has 7 heteroatoms. The summed E-state index contributed by atoms with van der Waals surface area (Å²) in [6.45, 7) is -1.34. The number of ether oxygens (including phenoxy) is 2. The topological polar surface area (TPSA) is 61.5 Å². The molecule has 0 aliphatic heterocycles. The Balaban J connectivity index is 2.89. The first-order valence-electron chi connectivity index (χ1n) is 5.12. The van der Waals surface area contributed by atoms with Gasteiger partial charge in [-0.15, -0.1) is 0 Å². The number of carbonyl (C=O) groups is 1. The SMILES string of the molecule is CCOC(=O)Cc1cc(N)c(OC(F)F)c(F)c1. The van der Waals surface area contributed by atoms with Crippen molar-refractivity contribution >= 4 is 11.7 Å². The molecule has 0 fully saturated rings. The maximum Gasteiger partial charge on any atom is 0.387 e. The van der Waals surface area contributed by atoms with Crippen LogP contribution >= 0.6 is 0 Å². The van der Waals surface area contributed by atoms with E-state index in [9.17, 15) is 18.0 Å². The number of rotatable bonds is 5. The van der Waals surface area contributed by atoms with Gasteiger partial charge >= 0.3 is 12.6 Å². The van der Waals surface area contributed by atoms with Crippen molar-refractivity contribution in [3.8, 4) is 5.75 Å². The third-order valence-corrected chi connectivity index (χ3v) is 1.99. The lowest BCUT2D eigenvalue weighted by Gasteiger charge is -2.10. The van der Waals surface area contributed by atoms with Crippen molar-refractivity contribution in [2.24, 2.45) is 0 Å². The monoisotopic (exact) mass is 263 g/mol. The molecule has 0 heterocycles. The van der Waals surface area contributed by atoms with Gasteiger partial charge in [-0.1, -0.05) is 0 Å². The molecule has 0 amide bonds. The lowest BCUT2D eigenvalue weighted by Crippen LogP contribution is -2.10. The fraction of sp³-hybridized carbons (Fsp3) is 0.364. The molecule has 0 saturated carbocycles. The number of carbonyl (C=O) groups excluding carboxylic acids is 1. The van der Waals surface area contributed by atoms with Gasteiger partial charge in [0, 0.05) is 0 Å². The molecular weight excluding hydrogens is 251 g/mol. The standard InChI is InChI=1S/C11H12F3NO3/c1-2-17-9(16)5-6-3-7(12)10(8(15)4-6)18-11(13)14/h3-4,11H,2,5,15H2,1H3. The average Bonchev–Trinajstić information content (AvgIpc) is 2.23. The lowest BCUT2D eigenvalue weighted by atomic mass is 10.1. The van der Waals surface area contributed by atoms with Gasteiger partial charge in [0.25, 0.3) is 0 Å². The molecule has 0 aliphatic carbocycles. The summed E-state index contributed by atoms with van der Waals surface area (Å²) >= 11 is 0. The average molecular weight is 263 g/mol. The van der Waals surface area contributed by atoms with Crippen LogP contribution in [0, 0.1) is 5.82 Å². The molecule has 0 spiro atoms. The van der Waals surface area contributed by atoms with Crippen molar-refractivity contribution in [1.82, 2.24) is 0 Å². The second-order valence-corrected chi connectivity index (χ2v) is 3.36. The smallest absolute Gasteiger partial charge is 0.387 e. The molecule has 0 saturated heterocycles. The zero-order valence-electron chi connectivity index (χ0n) is 9.58. The van der Waals surface area contributed by atoms with Gasteiger partial charge < -0.3 is 15.2 Å². The van der Waals surface area contributed by atoms with E-state index in [1.165, 1.54) is 6.07 Å². The predicted molar refractivity (Wildman–Crippen MR) is 57.8 cm³/mol. The van der Waals surface area contributed by atoms with Crippen molar-refractivity contribution in [1.29, 1.82) is 0 Å². The first-order chi connectivity index (χ1) is 8.43. The Labute approximate surface area is 101 Å². The van der Waals surface area contributed by atoms with Gasteiger partial charge in [-0.05, 0) is 24.6 Å². The summed E-state index contributed by atoms with van der Waals surface area (Å²) in [5.41, 5.74) is 5.30. The largest absolute Gasteiger partial charge is 0.466 e. The van der Waals surface area contributed by atoms with Gasteiger partial charge in [0.1, 0.15) is 0 Å². The van der Waals surface area contributed by atoms with Crippen molar-refractivity contribution < 1.29 is 27.4 Å². The van der Waals surface area contributed by atoms with Gasteiger partial charge in [0.05, 0.1) is 18.7 Å². The maximum absolute atomic E-state index is 13.4. The molecule has 0 aliphatic rings. The number of nitrogens with two attached hydrogens (primary N) is 1. The van der Waals surface area contributed by atoms with Crippen LogP contribution in [-0.2, 0) is 16.0 Å². The van der Waals surface area contributed by atoms with Crippen molar-refractivity contribution in [2.75, 3.05) is 12.3 Å². The van der Waals surface area contributed by atoms with Crippen LogP contribution in [0.15, 0.2) is 12.1 Å². The second kappa shape index (κ2) is 6.13. The number of halogens is 3. The number of alkyl halides is 2. The number of hydrogen-bond acceptors (Lipinski definition) is 4. The predicted octanol–water partition coefficient (Wildman–Crippen LogP) is 2.11. The molecule has 0 unspecified atom stereocenters. The summed E-state index contributed by atoms with van der Waals surface area (Å²) in [4.78, 5) is 11.2. The Morgan fingerprint density at radius 1 is 1.44 bits per heavy atom. The Morgan fingerprint density at radius 2 is 2.11 bits per heavy atom. The summed E-state index contributed by atoms with van der Waals surface area (Å²) in [6, 6.07) is 2.10. The second-order valence-electron chi connectivity index (χ2n) is 3.36. The van der Waals surface area contributed by atoms with Gasteiger partial charge in [-0.25, -0.2) is 4.39 Å². The highest BCUT2D eigenvalue weighted by Gasteiger charge is 2.16. The fourth-order valence-corrected chi connectivity index (χ4v) is 1.37. The number of anilines is 1. The molecule has 1 aromatic carbocycles. The minimum Gasteiger partial charge on any atom is -0.466 e. The van der Waals surface area contributed by atoms with Gasteiger partial charge in [-0.2, -0.15) is 8.78 Å². The van der Waals surface area contributed by atoms with Crippen LogP contribution in [0.25, 0.3) is 0 Å². The van der Waals surface area contributed by atoms with E-state index in [2.05, 4.69) is 9.47 Å². The van der Waals surface area contributed by atoms with E-state index in [-0.39, 0.29) is 24.3 Å². The van der Waals surface area contributed by atoms with Gasteiger partial charge in [-0.3, -0.25) is 4.79 Å². The van der Waals surface area contributed by atoms with E-state index < -0.39 is 24.1 Å². The highest BCUT2D eigenvalue weighted by Crippen LogP contribution is 2.28. The Hall–Kier alpha value is -1.92. The highest BCUT2D eigenvalue weighted by molar-refractivity contribution is 5.73. The molecule has 1 rings (SSSR count). The first-order valence-corrected chi connectivity index (χ1v) is 5.12. The zero-order chi connectivity index (χ0) is 13.7. The number of benzene rings is 1. The Morgan fingerprint density at radius 3 is 2.61 bits per heavy atom. The summed E-state index contributed by atoms with van der Waals surface area (Å²) in [5, 5.41) is 0. The first kappa shape index (κ1) is 14.1. The van der Waals surface area contributed by atoms with E-state index in [1.54, 1.807) is 6.92 Å². The number of hydrogen-bond donors (Lipinski definition) is 1. The summed E-state index contributed by atoms with van der Waals surface area (Å²) < 4.78 is 46.0. The molecule has 1 aromatic rings. The van der Waals surface area contributed by atoms with E-state index in [4.69, 9.17) is 5.73 Å². The molecule has 100 valence electrons. The van der Waals surface area contributed by atoms with Crippen molar-refractivity contribution in [3.63, 3.8) is 0 Å². The van der Waals surface area contributed by atoms with Gasteiger partial charge in [0.15, 0.2) is 11.6 Å². The minimum atomic E-state index is -3.17. The molecular formula is C11H12F3NO3. The Kier molecular flexibility index (Phi) is 4.82. The van der Waals surface area contributed by atoms with Crippen LogP contribution in [0.5, 0.6) is 5.75 Å². The third-order valence-electron chi connectivity index (χ3n) is 1.99. The van der Waals surface area contributed by atoms with Crippen LogP contribution < -0.4 is 10.5 Å². The van der Waals surface area contributed by atoms with Crippen LogP contribution in [0.4, 0.5) is 18.9 Å². The van der Waals surface area contributed by atoms with Crippen LogP contribution in [0.2, 0.25) is 0 Å². The highest BCUT2D eigenvalue weighted by atomic mass is 19.3. The number of esters is 1. The molecule has 0 aromatic heterocycles. The summed E-state index contributed by atoms with van der Waals surface area (Å²) in [5.74, 6) is -2.33. The number of nitrogen functional groups attached to an aromatic ring is 1. The van der Waals surface area contributed by atoms with Crippen molar-refractivity contribution in [2.45, 2.75) is 20.0 Å². The van der Waals surface area contributed by atoms with Crippen LogP contribution in [0.1, 0.15) is 12.5 Å². The van der Waals surface area contributed by atoms with E-state index in [0.717, 1.165) is 6.07 Å². The minimum absolute atomic E-state index is 0.191. The van der Waals surface area contributed by atoms with Crippen LogP contribution in [-0.4, -0.2) is 19.2 Å². The van der Waals surface area contributed by atoms with Crippen LogP contribution in [0.3, 0.4) is 0 Å². The Bertz CT molecular complexity index is 415. The van der Waals surface area contributed by atoms with E-state index in [1.807, 2.05) is 0 Å². The molecule has 0 radical (unpaired) electrons. The molecule has 0 bridgehead atoms. The van der Waals surface area contributed by atoms with E-state index >= 15 is 0 Å². The van der Waals surface area contributed by atoms with E-state index in [0.29, 0.717) is 0 Å². The molecule has 4 nitrogen and oxygen atoms in total. The van der Waals surface area contributed by atoms with Crippen molar-refractivity contribution in [3.05, 3.63) is 23.5 Å². The summed E-state index contributed by atoms with van der Waals surface area (Å²) in [7, 11) is 0. The molecule has 2 N–H and O–H groups in total. The lowest BCUT2D eigenvalue weighted by molar-refractivity contribution is -0.142. The fourth-order valence-electron chi connectivity index (χ4n) is 1.37. The maximum atomic E-state index is 13.4. The molecule has 0 atom stereocenters. The quantitative estimate of drug-likeness (QED) is 0.653. The zero-order valence-corrected chi connectivity index (χ0v) is 9.58. The summed E-state index contributed by atoms with van der Waals surface area (Å²) in [6.07, 6.45) is -0.191. The normalized spacial score (nSPS) is 10.5. The van der Waals surface area contributed by atoms with Gasteiger partial charge in [0.2, 0.25) is 0 Å².